The molecule has 0 saturated carbocycles. The van der Waals surface area contributed by atoms with Gasteiger partial charge in [0.05, 0.1) is 35.2 Å². The normalized spacial score (nSPS) is 24.1. The molecule has 4 heterocycles. The molecule has 3 aliphatic heterocycles. The van der Waals surface area contributed by atoms with Crippen LogP contribution < -0.4 is 5.32 Å². The van der Waals surface area contributed by atoms with E-state index in [1.807, 2.05) is 0 Å². The number of carbonyl (C=O) groups is 2. The fraction of sp³-hybridized carbons (Fsp3) is 0.517. The van der Waals surface area contributed by atoms with Crippen molar-refractivity contribution in [3.8, 4) is 0 Å². The smallest absolute Gasteiger partial charge is 0.338 e. The molecule has 2 fully saturated rings. The fourth-order valence-corrected chi connectivity index (χ4v) is 6.80. The number of benzene rings is 1. The minimum Gasteiger partial charge on any atom is -0.481 e. The summed E-state index contributed by atoms with van der Waals surface area (Å²) in [5.41, 5.74) is -0.462. The Morgan fingerprint density at radius 1 is 1.30 bits per heavy atom. The van der Waals surface area contributed by atoms with Gasteiger partial charge in [0.15, 0.2) is 10.8 Å². The second-order valence-electron chi connectivity index (χ2n) is 11.5. The van der Waals surface area contributed by atoms with Crippen LogP contribution in [0.15, 0.2) is 46.0 Å². The van der Waals surface area contributed by atoms with E-state index in [-0.39, 0.29) is 42.3 Å². The number of carboxylic acids is 1. The van der Waals surface area contributed by atoms with Gasteiger partial charge in [-0.25, -0.2) is 22.9 Å². The Bertz CT molecular complexity index is 1450. The number of fused-ring (bicyclic) bond motifs is 1. The summed E-state index contributed by atoms with van der Waals surface area (Å²) in [5, 5.41) is 14.7. The first-order valence-corrected chi connectivity index (χ1v) is 15.3. The molecule has 1 aromatic carbocycles. The number of likely N-dealkylation sites (tertiary alicyclic amines) is 2. The van der Waals surface area contributed by atoms with Gasteiger partial charge in [-0.1, -0.05) is 23.7 Å². The molecule has 14 heteroatoms. The molecular formula is C29H33ClF3N5O4S. The second-order valence-corrected chi connectivity index (χ2v) is 12.8. The monoisotopic (exact) mass is 639 g/mol. The number of esters is 1. The van der Waals surface area contributed by atoms with Gasteiger partial charge in [-0.05, 0) is 46.2 Å². The Balaban J connectivity index is 1.51. The Morgan fingerprint density at radius 3 is 2.74 bits per heavy atom. The van der Waals surface area contributed by atoms with Crippen LogP contribution in [0.25, 0.3) is 0 Å². The van der Waals surface area contributed by atoms with Crippen LogP contribution in [0.5, 0.6) is 0 Å². The molecule has 232 valence electrons. The highest BCUT2D eigenvalue weighted by Gasteiger charge is 2.59. The summed E-state index contributed by atoms with van der Waals surface area (Å²) in [6, 6.07) is 1.50. The van der Waals surface area contributed by atoms with Crippen LogP contribution in [-0.2, 0) is 14.3 Å². The average Bonchev–Trinajstić information content (AvgIpc) is 3.68. The van der Waals surface area contributed by atoms with Crippen LogP contribution in [0.1, 0.15) is 50.2 Å². The number of halogens is 4. The van der Waals surface area contributed by atoms with E-state index in [0.717, 1.165) is 0 Å². The van der Waals surface area contributed by atoms with Crippen LogP contribution in [0.2, 0.25) is 5.02 Å². The van der Waals surface area contributed by atoms with Crippen molar-refractivity contribution in [1.29, 1.82) is 0 Å². The largest absolute Gasteiger partial charge is 0.481 e. The van der Waals surface area contributed by atoms with E-state index >= 15 is 8.78 Å². The minimum atomic E-state index is -3.08. The number of aliphatic imine (C=N–C) groups is 1. The molecule has 0 spiro atoms. The van der Waals surface area contributed by atoms with Gasteiger partial charge >= 0.3 is 11.9 Å². The van der Waals surface area contributed by atoms with Crippen LogP contribution in [0.3, 0.4) is 0 Å². The first-order chi connectivity index (χ1) is 20.3. The molecule has 0 bridgehead atoms. The summed E-state index contributed by atoms with van der Waals surface area (Å²) in [4.78, 5) is 37.4. The number of aromatic nitrogens is 1. The third-order valence-electron chi connectivity index (χ3n) is 8.28. The summed E-state index contributed by atoms with van der Waals surface area (Å²) in [6.45, 7) is 4.86. The van der Waals surface area contributed by atoms with Gasteiger partial charge in [0.2, 0.25) is 0 Å². The van der Waals surface area contributed by atoms with Gasteiger partial charge in [-0.15, -0.1) is 11.3 Å². The molecule has 0 unspecified atom stereocenters. The van der Waals surface area contributed by atoms with E-state index in [9.17, 15) is 19.1 Å². The summed E-state index contributed by atoms with van der Waals surface area (Å²) in [6.07, 6.45) is 2.26. The molecule has 0 radical (unpaired) electrons. The molecule has 2 N–H and O–H groups in total. The predicted molar refractivity (Wildman–Crippen MR) is 156 cm³/mol. The second kappa shape index (κ2) is 12.2. The number of alkyl halides is 2. The molecule has 0 aliphatic carbocycles. The number of thiazole rings is 1. The number of nitrogens with zero attached hydrogens (tertiary/aromatic N) is 4. The van der Waals surface area contributed by atoms with Crippen LogP contribution in [0, 0.1) is 11.2 Å². The molecule has 3 aliphatic rings. The number of amidine groups is 1. The average molecular weight is 640 g/mol. The first kappa shape index (κ1) is 31.4. The number of hydrogen-bond donors (Lipinski definition) is 2. The highest BCUT2D eigenvalue weighted by molar-refractivity contribution is 7.11. The SMILES string of the molecule is CCOC(=O)C1=C(CN2CC(F)(F)[C@H]3[C@@H]2CCN3CCC(C)(C)C(=O)O)NC(c2nccs2)=N[C@H]1c1cccc(F)c1Cl. The lowest BCUT2D eigenvalue weighted by Gasteiger charge is -2.31. The highest BCUT2D eigenvalue weighted by atomic mass is 35.5. The van der Waals surface area contributed by atoms with Crippen LogP contribution >= 0.6 is 22.9 Å². The van der Waals surface area contributed by atoms with Gasteiger partial charge < -0.3 is 15.2 Å². The van der Waals surface area contributed by atoms with Crippen LogP contribution in [0.4, 0.5) is 13.2 Å². The van der Waals surface area contributed by atoms with Crippen molar-refractivity contribution in [3.63, 3.8) is 0 Å². The van der Waals surface area contributed by atoms with E-state index in [0.29, 0.717) is 29.5 Å². The molecule has 0 amide bonds. The van der Waals surface area contributed by atoms with Crippen molar-refractivity contribution in [3.05, 3.63) is 62.5 Å². The summed E-state index contributed by atoms with van der Waals surface area (Å²) in [7, 11) is 0. The van der Waals surface area contributed by atoms with Crippen molar-refractivity contribution in [2.45, 2.75) is 57.7 Å². The third kappa shape index (κ3) is 6.17. The lowest BCUT2D eigenvalue weighted by Crippen LogP contribution is -2.46. The first-order valence-electron chi connectivity index (χ1n) is 14.0. The fourth-order valence-electron chi connectivity index (χ4n) is 5.98. The highest BCUT2D eigenvalue weighted by Crippen LogP contribution is 2.43. The molecule has 2 saturated heterocycles. The minimum absolute atomic E-state index is 0.0520. The molecule has 3 atom stereocenters. The number of aliphatic carboxylic acids is 1. The van der Waals surface area contributed by atoms with Gasteiger partial charge in [0, 0.05) is 42.0 Å². The zero-order valence-electron chi connectivity index (χ0n) is 23.9. The predicted octanol–water partition coefficient (Wildman–Crippen LogP) is 4.74. The summed E-state index contributed by atoms with van der Waals surface area (Å²) >= 11 is 7.66. The molecule has 1 aromatic heterocycles. The summed E-state index contributed by atoms with van der Waals surface area (Å²) < 4.78 is 51.2. The Hall–Kier alpha value is -3.00. The van der Waals surface area contributed by atoms with E-state index in [1.165, 1.54) is 23.5 Å². The lowest BCUT2D eigenvalue weighted by atomic mass is 9.89. The number of carbonyl (C=O) groups excluding carboxylic acids is 1. The zero-order chi connectivity index (χ0) is 31.1. The number of nitrogens with one attached hydrogen (secondary N) is 1. The van der Waals surface area contributed by atoms with Gasteiger partial charge in [0.25, 0.3) is 5.92 Å². The lowest BCUT2D eigenvalue weighted by molar-refractivity contribution is -0.147. The number of rotatable bonds is 10. The number of ether oxygens (including phenoxy) is 1. The Labute approximate surface area is 256 Å². The topological polar surface area (TPSA) is 107 Å². The maximum atomic E-state index is 15.6. The third-order valence-corrected chi connectivity index (χ3v) is 9.46. The van der Waals surface area contributed by atoms with E-state index in [2.05, 4.69) is 10.3 Å². The zero-order valence-corrected chi connectivity index (χ0v) is 25.5. The number of carboxylic acid groups (broad SMARTS) is 1. The van der Waals surface area contributed by atoms with Gasteiger partial charge in [-0.3, -0.25) is 19.6 Å². The maximum Gasteiger partial charge on any atom is 0.338 e. The van der Waals surface area contributed by atoms with Gasteiger partial charge in [0.1, 0.15) is 11.9 Å². The molecule has 5 rings (SSSR count). The van der Waals surface area contributed by atoms with Crippen molar-refractivity contribution >= 4 is 40.7 Å². The Kier molecular flexibility index (Phi) is 8.90. The number of hydrogen-bond acceptors (Lipinski definition) is 9. The van der Waals surface area contributed by atoms with Crippen molar-refractivity contribution in [1.82, 2.24) is 20.1 Å². The molecular weight excluding hydrogens is 607 g/mol. The van der Waals surface area contributed by atoms with Crippen LogP contribution in [-0.4, -0.2) is 88.5 Å². The van der Waals surface area contributed by atoms with Crippen molar-refractivity contribution < 1.29 is 32.6 Å². The van der Waals surface area contributed by atoms with Gasteiger partial charge in [-0.2, -0.15) is 0 Å². The Morgan fingerprint density at radius 2 is 2.07 bits per heavy atom. The standard InChI is InChI=1S/C29H33ClF3N5O4S/c1-4-42-26(39)20-18(35-24(25-34-10-13-43-25)36-22(20)16-6-5-7-17(31)21(16)30)14-38-15-29(32,33)23-19(38)8-11-37(23)12-9-28(2,3)27(40)41/h5-7,10,13,19,22-23H,4,8-9,11-12,14-15H2,1-3H3,(H,35,36)(H,40,41)/t19-,22-,23+/m0/s1. The molecule has 9 nitrogen and oxygen atoms in total. The van der Waals surface area contributed by atoms with E-state index in [1.54, 1.807) is 48.2 Å². The van der Waals surface area contributed by atoms with E-state index < -0.39 is 53.8 Å². The van der Waals surface area contributed by atoms with E-state index in [4.69, 9.17) is 21.3 Å². The summed E-state index contributed by atoms with van der Waals surface area (Å²) in [5.74, 6) is -5.16. The molecule has 2 aromatic rings. The quantitative estimate of drug-likeness (QED) is 0.359. The molecule has 43 heavy (non-hydrogen) atoms. The maximum absolute atomic E-state index is 15.6. The van der Waals surface area contributed by atoms with Crippen molar-refractivity contribution in [2.24, 2.45) is 10.4 Å². The van der Waals surface area contributed by atoms with Crippen molar-refractivity contribution in [2.75, 3.05) is 32.8 Å².